The molecule has 7 heteroatoms. The topological polar surface area (TPSA) is 66.1 Å². The molecule has 2 rings (SSSR count). The molecule has 0 N–H and O–H groups in total. The van der Waals surface area contributed by atoms with E-state index in [1.807, 2.05) is 6.07 Å². The van der Waals surface area contributed by atoms with Crippen molar-refractivity contribution in [2.45, 2.75) is 11.5 Å². The Labute approximate surface area is 126 Å². The summed E-state index contributed by atoms with van der Waals surface area (Å²) in [5.41, 5.74) is 2.22. The van der Waals surface area contributed by atoms with Gasteiger partial charge in [0.25, 0.3) is 5.56 Å². The van der Waals surface area contributed by atoms with Gasteiger partial charge >= 0.3 is 5.97 Å². The molecular formula is C14H17N3O3S. The number of esters is 1. The fourth-order valence-electron chi connectivity index (χ4n) is 1.80. The van der Waals surface area contributed by atoms with Gasteiger partial charge in [-0.3, -0.25) is 9.48 Å². The minimum atomic E-state index is -0.437. The smallest absolute Gasteiger partial charge is 0.358 e. The van der Waals surface area contributed by atoms with Gasteiger partial charge in [0.1, 0.15) is 0 Å². The Morgan fingerprint density at radius 2 is 2.10 bits per heavy atom. The van der Waals surface area contributed by atoms with Crippen LogP contribution >= 0.6 is 11.8 Å². The molecule has 0 aliphatic carbocycles. The summed E-state index contributed by atoms with van der Waals surface area (Å²) < 4.78 is 7.85. The number of carbonyl (C=O) groups excluding carboxylic acids is 1. The molecule has 6 nitrogen and oxygen atoms in total. The van der Waals surface area contributed by atoms with E-state index < -0.39 is 5.97 Å². The van der Waals surface area contributed by atoms with Crippen molar-refractivity contribution >= 4 is 17.7 Å². The van der Waals surface area contributed by atoms with Gasteiger partial charge in [0.15, 0.2) is 5.69 Å². The van der Waals surface area contributed by atoms with Gasteiger partial charge in [0.05, 0.1) is 7.11 Å². The van der Waals surface area contributed by atoms with E-state index in [2.05, 4.69) is 9.84 Å². The lowest BCUT2D eigenvalue weighted by molar-refractivity contribution is 0.0593. The fourth-order valence-corrected chi connectivity index (χ4v) is 2.79. The van der Waals surface area contributed by atoms with E-state index in [0.29, 0.717) is 11.4 Å². The molecule has 0 saturated heterocycles. The zero-order valence-corrected chi connectivity index (χ0v) is 13.0. The van der Waals surface area contributed by atoms with Crippen LogP contribution in [0.25, 0.3) is 0 Å². The molecule has 0 spiro atoms. The van der Waals surface area contributed by atoms with E-state index in [1.165, 1.54) is 11.7 Å². The van der Waals surface area contributed by atoms with Crippen LogP contribution in [-0.2, 0) is 30.3 Å². The number of carbonyl (C=O) groups is 1. The summed E-state index contributed by atoms with van der Waals surface area (Å²) in [6, 6.07) is 5.29. The van der Waals surface area contributed by atoms with E-state index >= 15 is 0 Å². The Morgan fingerprint density at radius 1 is 1.33 bits per heavy atom. The molecule has 0 saturated carbocycles. The van der Waals surface area contributed by atoms with Crippen LogP contribution in [-0.4, -0.2) is 27.4 Å². The molecule has 2 aromatic heterocycles. The first-order chi connectivity index (χ1) is 10.0. The number of hydrogen-bond acceptors (Lipinski definition) is 5. The van der Waals surface area contributed by atoms with Gasteiger partial charge in [-0.2, -0.15) is 16.9 Å². The Kier molecular flexibility index (Phi) is 4.85. The van der Waals surface area contributed by atoms with Crippen molar-refractivity contribution in [2.24, 2.45) is 14.1 Å². The number of ether oxygens (including phenoxy) is 1. The summed E-state index contributed by atoms with van der Waals surface area (Å²) in [5.74, 6) is 0.998. The highest BCUT2D eigenvalue weighted by molar-refractivity contribution is 7.97. The summed E-state index contributed by atoms with van der Waals surface area (Å²) in [6.07, 6.45) is 1.76. The number of methoxy groups -OCH3 is 1. The van der Waals surface area contributed by atoms with Crippen molar-refractivity contribution < 1.29 is 9.53 Å². The number of hydrogen-bond donors (Lipinski definition) is 0. The molecule has 112 valence electrons. The monoisotopic (exact) mass is 307 g/mol. The van der Waals surface area contributed by atoms with Crippen LogP contribution in [0, 0.1) is 0 Å². The normalized spacial score (nSPS) is 10.6. The first kappa shape index (κ1) is 15.4. The minimum Gasteiger partial charge on any atom is -0.464 e. The highest BCUT2D eigenvalue weighted by Crippen LogP contribution is 2.17. The van der Waals surface area contributed by atoms with E-state index in [1.54, 1.807) is 48.9 Å². The van der Waals surface area contributed by atoms with E-state index in [4.69, 9.17) is 0 Å². The lowest BCUT2D eigenvalue weighted by Gasteiger charge is -2.03. The van der Waals surface area contributed by atoms with E-state index in [9.17, 15) is 9.59 Å². The number of nitrogens with zero attached hydrogens (tertiary/aromatic N) is 3. The predicted molar refractivity (Wildman–Crippen MR) is 81.2 cm³/mol. The largest absolute Gasteiger partial charge is 0.464 e. The van der Waals surface area contributed by atoms with Crippen LogP contribution in [0.1, 0.15) is 21.7 Å². The molecule has 0 aliphatic rings. The third kappa shape index (κ3) is 3.75. The maximum atomic E-state index is 11.5. The lowest BCUT2D eigenvalue weighted by atomic mass is 10.3. The molecule has 0 amide bonds. The van der Waals surface area contributed by atoms with Crippen LogP contribution in [0.15, 0.2) is 29.2 Å². The summed E-state index contributed by atoms with van der Waals surface area (Å²) in [6.45, 7) is 0. The summed E-state index contributed by atoms with van der Waals surface area (Å²) in [5, 5.41) is 4.11. The van der Waals surface area contributed by atoms with Crippen LogP contribution < -0.4 is 5.56 Å². The number of thioether (sulfide) groups is 1. The molecule has 0 atom stereocenters. The Hall–Kier alpha value is -2.02. The Bertz CT molecular complexity index is 706. The standard InChI is InChI=1S/C14H17N3O3S/c1-16-5-4-10(6-13(16)18)8-21-9-11-7-12(14(19)20-3)15-17(11)2/h4-7H,8-9H2,1-3H3. The summed E-state index contributed by atoms with van der Waals surface area (Å²) in [7, 11) is 4.85. The van der Waals surface area contributed by atoms with Gasteiger partial charge in [-0.1, -0.05) is 0 Å². The SMILES string of the molecule is COC(=O)c1cc(CSCc2ccn(C)c(=O)c2)n(C)n1. The summed E-state index contributed by atoms with van der Waals surface area (Å²) >= 11 is 1.66. The number of aryl methyl sites for hydroxylation is 2. The van der Waals surface area contributed by atoms with Crippen molar-refractivity contribution in [2.75, 3.05) is 7.11 Å². The maximum Gasteiger partial charge on any atom is 0.358 e. The average Bonchev–Trinajstić information content (AvgIpc) is 2.83. The molecule has 2 heterocycles. The number of rotatable bonds is 5. The molecule has 2 aromatic rings. The number of aromatic nitrogens is 3. The second-order valence-corrected chi connectivity index (χ2v) is 5.60. The lowest BCUT2D eigenvalue weighted by Crippen LogP contribution is -2.14. The van der Waals surface area contributed by atoms with Crippen LogP contribution in [0.5, 0.6) is 0 Å². The molecule has 0 aliphatic heterocycles. The molecule has 0 fully saturated rings. The van der Waals surface area contributed by atoms with Crippen molar-refractivity contribution in [3.63, 3.8) is 0 Å². The minimum absolute atomic E-state index is 0.0124. The molecule has 21 heavy (non-hydrogen) atoms. The first-order valence-electron chi connectivity index (χ1n) is 6.36. The van der Waals surface area contributed by atoms with Gasteiger partial charge in [0, 0.05) is 43.6 Å². The maximum absolute atomic E-state index is 11.5. The fraction of sp³-hybridized carbons (Fsp3) is 0.357. The van der Waals surface area contributed by atoms with Crippen molar-refractivity contribution in [3.05, 3.63) is 51.7 Å². The average molecular weight is 307 g/mol. The molecule has 0 aromatic carbocycles. The van der Waals surface area contributed by atoms with E-state index in [0.717, 1.165) is 17.0 Å². The Balaban J connectivity index is 1.97. The Morgan fingerprint density at radius 3 is 2.76 bits per heavy atom. The molecule has 0 bridgehead atoms. The van der Waals surface area contributed by atoms with Crippen molar-refractivity contribution in [1.82, 2.24) is 14.3 Å². The molecule has 0 radical (unpaired) electrons. The summed E-state index contributed by atoms with van der Waals surface area (Å²) in [4.78, 5) is 22.9. The molecule has 0 unspecified atom stereocenters. The van der Waals surface area contributed by atoms with Gasteiger partial charge in [-0.15, -0.1) is 0 Å². The quantitative estimate of drug-likeness (QED) is 0.780. The second-order valence-electron chi connectivity index (χ2n) is 4.61. The van der Waals surface area contributed by atoms with Crippen molar-refractivity contribution in [1.29, 1.82) is 0 Å². The van der Waals surface area contributed by atoms with Crippen LogP contribution in [0.3, 0.4) is 0 Å². The highest BCUT2D eigenvalue weighted by Gasteiger charge is 2.12. The van der Waals surface area contributed by atoms with Crippen molar-refractivity contribution in [3.8, 4) is 0 Å². The zero-order valence-electron chi connectivity index (χ0n) is 12.2. The predicted octanol–water partition coefficient (Wildman–Crippen LogP) is 1.34. The zero-order chi connectivity index (χ0) is 15.4. The third-order valence-electron chi connectivity index (χ3n) is 3.06. The first-order valence-corrected chi connectivity index (χ1v) is 7.51. The third-order valence-corrected chi connectivity index (χ3v) is 4.10. The van der Waals surface area contributed by atoms with Gasteiger partial charge in [-0.05, 0) is 17.7 Å². The number of pyridine rings is 1. The highest BCUT2D eigenvalue weighted by atomic mass is 32.2. The second kappa shape index (κ2) is 6.62. The van der Waals surface area contributed by atoms with Gasteiger partial charge in [0.2, 0.25) is 0 Å². The van der Waals surface area contributed by atoms with Gasteiger partial charge in [-0.25, -0.2) is 4.79 Å². The van der Waals surface area contributed by atoms with E-state index in [-0.39, 0.29) is 5.56 Å². The molecular weight excluding hydrogens is 290 g/mol. The van der Waals surface area contributed by atoms with Crippen LogP contribution in [0.4, 0.5) is 0 Å². The van der Waals surface area contributed by atoms with Crippen LogP contribution in [0.2, 0.25) is 0 Å². The van der Waals surface area contributed by atoms with Gasteiger partial charge < -0.3 is 9.30 Å².